The molecule has 2 aromatic rings. The van der Waals surface area contributed by atoms with Gasteiger partial charge in [0, 0.05) is 24.7 Å². The number of rotatable bonds is 2. The fourth-order valence-electron chi connectivity index (χ4n) is 2.68. The summed E-state index contributed by atoms with van der Waals surface area (Å²) >= 11 is 0. The van der Waals surface area contributed by atoms with Gasteiger partial charge < -0.3 is 15.2 Å². The SMILES string of the molecule is Cc1onc(-c2ccccc2)c1C(=O)N1CCC(N)CC1.Cl. The average molecular weight is 322 g/mol. The van der Waals surface area contributed by atoms with Gasteiger partial charge in [-0.25, -0.2) is 0 Å². The van der Waals surface area contributed by atoms with Crippen LogP contribution in [0.2, 0.25) is 0 Å². The van der Waals surface area contributed by atoms with Crippen LogP contribution < -0.4 is 5.73 Å². The van der Waals surface area contributed by atoms with Crippen molar-refractivity contribution in [1.29, 1.82) is 0 Å². The van der Waals surface area contributed by atoms with Crippen LogP contribution in [-0.2, 0) is 0 Å². The zero-order chi connectivity index (χ0) is 14.8. The summed E-state index contributed by atoms with van der Waals surface area (Å²) in [6, 6.07) is 9.84. The maximum Gasteiger partial charge on any atom is 0.259 e. The minimum Gasteiger partial charge on any atom is -0.360 e. The van der Waals surface area contributed by atoms with Gasteiger partial charge in [-0.15, -0.1) is 12.4 Å². The fraction of sp³-hybridized carbons (Fsp3) is 0.375. The van der Waals surface area contributed by atoms with Crippen molar-refractivity contribution >= 4 is 18.3 Å². The number of aryl methyl sites for hydroxylation is 1. The van der Waals surface area contributed by atoms with E-state index in [9.17, 15) is 4.79 Å². The lowest BCUT2D eigenvalue weighted by atomic mass is 10.0. The third-order valence-corrected chi connectivity index (χ3v) is 3.95. The van der Waals surface area contributed by atoms with E-state index in [1.807, 2.05) is 35.2 Å². The Morgan fingerprint density at radius 2 is 1.91 bits per heavy atom. The van der Waals surface area contributed by atoms with Crippen LogP contribution in [0.3, 0.4) is 0 Å². The molecule has 0 atom stereocenters. The van der Waals surface area contributed by atoms with Gasteiger partial charge in [-0.3, -0.25) is 4.79 Å². The van der Waals surface area contributed by atoms with E-state index < -0.39 is 0 Å². The molecule has 5 nitrogen and oxygen atoms in total. The predicted molar refractivity (Wildman–Crippen MR) is 87.0 cm³/mol. The standard InChI is InChI=1S/C16H19N3O2.ClH/c1-11-14(16(20)19-9-7-13(17)8-10-19)15(18-21-11)12-5-3-2-4-6-12;/h2-6,13H,7-10,17H2,1H3;1H. The van der Waals surface area contributed by atoms with Crippen molar-refractivity contribution < 1.29 is 9.32 Å². The maximum atomic E-state index is 12.8. The molecule has 1 aliphatic rings. The molecule has 0 spiro atoms. The molecule has 1 saturated heterocycles. The molecule has 118 valence electrons. The van der Waals surface area contributed by atoms with Crippen LogP contribution in [0.15, 0.2) is 34.9 Å². The maximum absolute atomic E-state index is 12.8. The highest BCUT2D eigenvalue weighted by atomic mass is 35.5. The summed E-state index contributed by atoms with van der Waals surface area (Å²) in [7, 11) is 0. The second kappa shape index (κ2) is 6.94. The molecule has 0 bridgehead atoms. The summed E-state index contributed by atoms with van der Waals surface area (Å²) in [4.78, 5) is 14.6. The highest BCUT2D eigenvalue weighted by Crippen LogP contribution is 2.27. The summed E-state index contributed by atoms with van der Waals surface area (Å²) in [6.07, 6.45) is 1.69. The second-order valence-electron chi connectivity index (χ2n) is 5.46. The molecular formula is C16H20ClN3O2. The highest BCUT2D eigenvalue weighted by Gasteiger charge is 2.28. The summed E-state index contributed by atoms with van der Waals surface area (Å²) in [5, 5.41) is 4.07. The molecular weight excluding hydrogens is 302 g/mol. The van der Waals surface area contributed by atoms with Crippen molar-refractivity contribution in [3.63, 3.8) is 0 Å². The molecule has 2 N–H and O–H groups in total. The first kappa shape index (κ1) is 16.5. The molecule has 0 aliphatic carbocycles. The van der Waals surface area contributed by atoms with Crippen molar-refractivity contribution in [2.75, 3.05) is 13.1 Å². The molecule has 1 amide bonds. The summed E-state index contributed by atoms with van der Waals surface area (Å²) < 4.78 is 5.26. The fourth-order valence-corrected chi connectivity index (χ4v) is 2.68. The number of hydrogen-bond acceptors (Lipinski definition) is 4. The summed E-state index contributed by atoms with van der Waals surface area (Å²) in [5.41, 5.74) is 7.98. The molecule has 1 fully saturated rings. The molecule has 2 heterocycles. The number of carbonyl (C=O) groups excluding carboxylic acids is 1. The lowest BCUT2D eigenvalue weighted by Gasteiger charge is -2.30. The first-order valence-corrected chi connectivity index (χ1v) is 7.23. The number of benzene rings is 1. The van der Waals surface area contributed by atoms with E-state index in [1.54, 1.807) is 6.92 Å². The average Bonchev–Trinajstić information content (AvgIpc) is 2.90. The van der Waals surface area contributed by atoms with Crippen LogP contribution in [0.25, 0.3) is 11.3 Å². The molecule has 1 aromatic heterocycles. The molecule has 3 rings (SSSR count). The van der Waals surface area contributed by atoms with Gasteiger partial charge in [-0.1, -0.05) is 35.5 Å². The third-order valence-electron chi connectivity index (χ3n) is 3.95. The topological polar surface area (TPSA) is 72.4 Å². The number of hydrogen-bond donors (Lipinski definition) is 1. The first-order chi connectivity index (χ1) is 10.2. The lowest BCUT2D eigenvalue weighted by molar-refractivity contribution is 0.0713. The van der Waals surface area contributed by atoms with Gasteiger partial charge >= 0.3 is 0 Å². The second-order valence-corrected chi connectivity index (χ2v) is 5.46. The van der Waals surface area contributed by atoms with Crippen LogP contribution in [0.1, 0.15) is 29.0 Å². The Morgan fingerprint density at radius 3 is 2.55 bits per heavy atom. The van der Waals surface area contributed by atoms with Crippen molar-refractivity contribution in [3.05, 3.63) is 41.7 Å². The molecule has 1 aliphatic heterocycles. The Morgan fingerprint density at radius 1 is 1.27 bits per heavy atom. The third kappa shape index (κ3) is 3.15. The first-order valence-electron chi connectivity index (χ1n) is 7.23. The highest BCUT2D eigenvalue weighted by molar-refractivity contribution is 6.00. The number of nitrogens with two attached hydrogens (primary N) is 1. The normalized spacial score (nSPS) is 15.5. The quantitative estimate of drug-likeness (QED) is 0.923. The van der Waals surface area contributed by atoms with Crippen molar-refractivity contribution in [2.45, 2.75) is 25.8 Å². The van der Waals surface area contributed by atoms with E-state index in [2.05, 4.69) is 5.16 Å². The Balaban J connectivity index is 0.00000176. The molecule has 0 saturated carbocycles. The summed E-state index contributed by atoms with van der Waals surface area (Å²) in [5.74, 6) is 0.549. The van der Waals surface area contributed by atoms with Crippen LogP contribution >= 0.6 is 12.4 Å². The molecule has 0 radical (unpaired) electrons. The van der Waals surface area contributed by atoms with E-state index in [-0.39, 0.29) is 24.4 Å². The number of amides is 1. The van der Waals surface area contributed by atoms with E-state index in [0.717, 1.165) is 18.4 Å². The van der Waals surface area contributed by atoms with Gasteiger partial charge in [-0.2, -0.15) is 0 Å². The van der Waals surface area contributed by atoms with Gasteiger partial charge in [0.15, 0.2) is 0 Å². The van der Waals surface area contributed by atoms with Gasteiger partial charge in [0.25, 0.3) is 5.91 Å². The van der Waals surface area contributed by atoms with E-state index >= 15 is 0 Å². The summed E-state index contributed by atoms with van der Waals surface area (Å²) in [6.45, 7) is 3.17. The Bertz CT molecular complexity index is 634. The Labute approximate surface area is 135 Å². The monoisotopic (exact) mass is 321 g/mol. The van der Waals surface area contributed by atoms with E-state index in [1.165, 1.54) is 0 Å². The van der Waals surface area contributed by atoms with Gasteiger partial charge in [0.2, 0.25) is 0 Å². The number of halogens is 1. The van der Waals surface area contributed by atoms with Crippen molar-refractivity contribution in [2.24, 2.45) is 5.73 Å². The van der Waals surface area contributed by atoms with E-state index in [4.69, 9.17) is 10.3 Å². The smallest absolute Gasteiger partial charge is 0.259 e. The number of aromatic nitrogens is 1. The molecule has 1 aromatic carbocycles. The lowest BCUT2D eigenvalue weighted by Crippen LogP contribution is -2.43. The number of piperidine rings is 1. The van der Waals surface area contributed by atoms with Gasteiger partial charge in [0.05, 0.1) is 0 Å². The van der Waals surface area contributed by atoms with Crippen molar-refractivity contribution in [1.82, 2.24) is 10.1 Å². The van der Waals surface area contributed by atoms with Crippen LogP contribution in [0, 0.1) is 6.92 Å². The minimum absolute atomic E-state index is 0. The zero-order valence-electron chi connectivity index (χ0n) is 12.5. The predicted octanol–water partition coefficient (Wildman–Crippen LogP) is 2.64. The number of likely N-dealkylation sites (tertiary alicyclic amines) is 1. The van der Waals surface area contributed by atoms with Crippen LogP contribution in [-0.4, -0.2) is 35.1 Å². The Kier molecular flexibility index (Phi) is 5.21. The van der Waals surface area contributed by atoms with Crippen LogP contribution in [0.4, 0.5) is 0 Å². The van der Waals surface area contributed by atoms with Crippen molar-refractivity contribution in [3.8, 4) is 11.3 Å². The molecule has 22 heavy (non-hydrogen) atoms. The zero-order valence-corrected chi connectivity index (χ0v) is 13.3. The molecule has 6 heteroatoms. The van der Waals surface area contributed by atoms with Gasteiger partial charge in [-0.05, 0) is 19.8 Å². The largest absolute Gasteiger partial charge is 0.360 e. The minimum atomic E-state index is -0.0143. The number of carbonyl (C=O) groups is 1. The number of nitrogens with zero attached hydrogens (tertiary/aromatic N) is 2. The van der Waals surface area contributed by atoms with Gasteiger partial charge in [0.1, 0.15) is 17.0 Å². The van der Waals surface area contributed by atoms with Crippen LogP contribution in [0.5, 0.6) is 0 Å². The van der Waals surface area contributed by atoms with E-state index in [0.29, 0.717) is 30.1 Å². The Hall–Kier alpha value is -1.85. The molecule has 0 unspecified atom stereocenters.